The molecule has 0 unspecified atom stereocenters. The number of amides is 2. The Kier molecular flexibility index (Phi) is 4.15. The summed E-state index contributed by atoms with van der Waals surface area (Å²) >= 11 is 0. The Bertz CT molecular complexity index is 570. The average molecular weight is 305 g/mol. The van der Waals surface area contributed by atoms with Gasteiger partial charge < -0.3 is 14.4 Å². The third-order valence-electron chi connectivity index (χ3n) is 4.65. The van der Waals surface area contributed by atoms with Crippen molar-refractivity contribution in [2.75, 3.05) is 39.8 Å². The molecule has 0 aromatic carbocycles. The second kappa shape index (κ2) is 6.08. The topological polar surface area (TPSA) is 61.7 Å². The van der Waals surface area contributed by atoms with Gasteiger partial charge in [0, 0.05) is 52.0 Å². The summed E-state index contributed by atoms with van der Waals surface area (Å²) in [5, 5.41) is 0. The van der Waals surface area contributed by atoms with E-state index in [2.05, 4.69) is 16.9 Å². The Morgan fingerprint density at radius 2 is 2.14 bits per heavy atom. The maximum absolute atomic E-state index is 12.5. The highest BCUT2D eigenvalue weighted by molar-refractivity contribution is 5.86. The molecule has 2 fully saturated rings. The molecule has 1 atom stereocenters. The number of aryl methyl sites for hydroxylation is 1. The van der Waals surface area contributed by atoms with E-state index >= 15 is 0 Å². The maximum atomic E-state index is 12.5. The number of imidazole rings is 1. The van der Waals surface area contributed by atoms with Gasteiger partial charge in [-0.2, -0.15) is 0 Å². The lowest BCUT2D eigenvalue weighted by molar-refractivity contribution is -0.140. The van der Waals surface area contributed by atoms with Crippen molar-refractivity contribution < 1.29 is 9.59 Å². The molecule has 22 heavy (non-hydrogen) atoms. The van der Waals surface area contributed by atoms with Crippen LogP contribution < -0.4 is 0 Å². The Morgan fingerprint density at radius 3 is 2.77 bits per heavy atom. The van der Waals surface area contributed by atoms with Crippen molar-refractivity contribution in [2.45, 2.75) is 18.9 Å². The molecule has 1 aromatic heterocycles. The molecule has 0 saturated carbocycles. The zero-order valence-electron chi connectivity index (χ0n) is 13.2. The first kappa shape index (κ1) is 15.0. The third kappa shape index (κ3) is 2.85. The van der Waals surface area contributed by atoms with Crippen molar-refractivity contribution in [3.63, 3.8) is 0 Å². The van der Waals surface area contributed by atoms with Gasteiger partial charge in [-0.05, 0) is 13.5 Å². The maximum Gasteiger partial charge on any atom is 0.242 e. The molecule has 120 valence electrons. The van der Waals surface area contributed by atoms with Gasteiger partial charge in [0.2, 0.25) is 11.8 Å². The number of nitrogens with zero attached hydrogens (tertiary/aromatic N) is 5. The van der Waals surface area contributed by atoms with Crippen molar-refractivity contribution >= 4 is 11.8 Å². The van der Waals surface area contributed by atoms with Crippen molar-refractivity contribution in [3.05, 3.63) is 18.2 Å². The number of likely N-dealkylation sites (tertiary alicyclic amines) is 1. The third-order valence-corrected chi connectivity index (χ3v) is 4.65. The number of piperazine rings is 1. The summed E-state index contributed by atoms with van der Waals surface area (Å²) in [6.45, 7) is 3.08. The van der Waals surface area contributed by atoms with E-state index in [0.717, 1.165) is 18.8 Å². The molecule has 1 aromatic rings. The minimum absolute atomic E-state index is 0.0440. The molecule has 2 saturated heterocycles. The normalized spacial score (nSPS) is 23.4. The van der Waals surface area contributed by atoms with E-state index in [1.165, 1.54) is 0 Å². The van der Waals surface area contributed by atoms with Crippen LogP contribution in [-0.4, -0.2) is 75.8 Å². The number of carbonyl (C=O) groups excluding carboxylic acids is 2. The summed E-state index contributed by atoms with van der Waals surface area (Å²) in [4.78, 5) is 34.4. The summed E-state index contributed by atoms with van der Waals surface area (Å²) in [6.07, 6.45) is 5.15. The van der Waals surface area contributed by atoms with E-state index in [4.69, 9.17) is 0 Å². The average Bonchev–Trinajstić information content (AvgIpc) is 3.09. The SMILES string of the molecule is CN1CCN(C(=O)CN2CCCC2=O)C[C@H]1c1nccn1C. The lowest BCUT2D eigenvalue weighted by atomic mass is 10.1. The highest BCUT2D eigenvalue weighted by Crippen LogP contribution is 2.22. The van der Waals surface area contributed by atoms with Gasteiger partial charge in [-0.3, -0.25) is 14.5 Å². The van der Waals surface area contributed by atoms with Crippen LogP contribution in [0.15, 0.2) is 12.4 Å². The molecule has 2 aliphatic rings. The Balaban J connectivity index is 1.66. The van der Waals surface area contributed by atoms with Crippen LogP contribution >= 0.6 is 0 Å². The smallest absolute Gasteiger partial charge is 0.242 e. The summed E-state index contributed by atoms with van der Waals surface area (Å²) in [6, 6.07) is 0.104. The zero-order chi connectivity index (χ0) is 15.7. The molecule has 2 amide bonds. The second-order valence-electron chi connectivity index (χ2n) is 6.15. The Hall–Kier alpha value is -1.89. The first-order valence-electron chi connectivity index (χ1n) is 7.79. The first-order chi connectivity index (χ1) is 10.6. The molecule has 0 aliphatic carbocycles. The number of likely N-dealkylation sites (N-methyl/N-ethyl adjacent to an activating group) is 1. The molecule has 3 heterocycles. The summed E-state index contributed by atoms with van der Waals surface area (Å²) in [5.74, 6) is 1.11. The van der Waals surface area contributed by atoms with E-state index in [0.29, 0.717) is 26.1 Å². The van der Waals surface area contributed by atoms with E-state index in [-0.39, 0.29) is 24.4 Å². The van der Waals surface area contributed by atoms with E-state index in [1.54, 1.807) is 11.1 Å². The monoisotopic (exact) mass is 305 g/mol. The minimum Gasteiger partial charge on any atom is -0.338 e. The van der Waals surface area contributed by atoms with Gasteiger partial charge in [0.1, 0.15) is 5.82 Å². The van der Waals surface area contributed by atoms with E-state index in [9.17, 15) is 9.59 Å². The van der Waals surface area contributed by atoms with Gasteiger partial charge >= 0.3 is 0 Å². The van der Waals surface area contributed by atoms with Gasteiger partial charge in [-0.15, -0.1) is 0 Å². The number of hydrogen-bond donors (Lipinski definition) is 0. The predicted molar refractivity (Wildman–Crippen MR) is 81.0 cm³/mol. The summed E-state index contributed by atoms with van der Waals surface area (Å²) < 4.78 is 2.00. The molecular weight excluding hydrogens is 282 g/mol. The van der Waals surface area contributed by atoms with Crippen LogP contribution in [0, 0.1) is 0 Å². The van der Waals surface area contributed by atoms with E-state index in [1.807, 2.05) is 22.7 Å². The van der Waals surface area contributed by atoms with Gasteiger partial charge in [-0.1, -0.05) is 0 Å². The lowest BCUT2D eigenvalue weighted by Gasteiger charge is -2.39. The molecule has 0 N–H and O–H groups in total. The van der Waals surface area contributed by atoms with Crippen molar-refractivity contribution in [1.82, 2.24) is 24.3 Å². The largest absolute Gasteiger partial charge is 0.338 e. The highest BCUT2D eigenvalue weighted by atomic mass is 16.2. The Labute approximate surface area is 130 Å². The molecule has 0 spiro atoms. The number of aromatic nitrogens is 2. The van der Waals surface area contributed by atoms with Crippen molar-refractivity contribution in [2.24, 2.45) is 7.05 Å². The Morgan fingerprint density at radius 1 is 1.32 bits per heavy atom. The standard InChI is InChI=1S/C15H23N5O2/c1-17-8-9-20(10-12(17)15-16-5-7-18(15)2)14(22)11-19-6-3-4-13(19)21/h5,7,12H,3-4,6,8-11H2,1-2H3/t12-/m0/s1. The van der Waals surface area contributed by atoms with Crippen molar-refractivity contribution in [1.29, 1.82) is 0 Å². The number of rotatable bonds is 3. The van der Waals surface area contributed by atoms with Gasteiger partial charge in [-0.25, -0.2) is 4.98 Å². The summed E-state index contributed by atoms with van der Waals surface area (Å²) in [7, 11) is 4.03. The van der Waals surface area contributed by atoms with Crippen LogP contribution in [0.2, 0.25) is 0 Å². The second-order valence-corrected chi connectivity index (χ2v) is 6.15. The fraction of sp³-hybridized carbons (Fsp3) is 0.667. The zero-order valence-corrected chi connectivity index (χ0v) is 13.2. The molecule has 3 rings (SSSR count). The van der Waals surface area contributed by atoms with Crippen LogP contribution in [0.1, 0.15) is 24.7 Å². The fourth-order valence-electron chi connectivity index (χ4n) is 3.21. The molecule has 2 aliphatic heterocycles. The van der Waals surface area contributed by atoms with Gasteiger partial charge in [0.15, 0.2) is 0 Å². The van der Waals surface area contributed by atoms with Crippen molar-refractivity contribution in [3.8, 4) is 0 Å². The predicted octanol–water partition coefficient (Wildman–Crippen LogP) is -0.142. The number of carbonyl (C=O) groups is 2. The summed E-state index contributed by atoms with van der Waals surface area (Å²) in [5.41, 5.74) is 0. The number of hydrogen-bond acceptors (Lipinski definition) is 4. The van der Waals surface area contributed by atoms with Crippen LogP contribution in [0.25, 0.3) is 0 Å². The van der Waals surface area contributed by atoms with Gasteiger partial charge in [0.25, 0.3) is 0 Å². The molecule has 0 radical (unpaired) electrons. The molecule has 7 heteroatoms. The lowest BCUT2D eigenvalue weighted by Crippen LogP contribution is -2.52. The fourth-order valence-corrected chi connectivity index (χ4v) is 3.21. The van der Waals surface area contributed by atoms with Crippen LogP contribution in [0.5, 0.6) is 0 Å². The van der Waals surface area contributed by atoms with Crippen LogP contribution in [0.4, 0.5) is 0 Å². The molecule has 7 nitrogen and oxygen atoms in total. The minimum atomic E-state index is 0.0440. The van der Waals surface area contributed by atoms with Crippen LogP contribution in [0.3, 0.4) is 0 Å². The molecular formula is C15H23N5O2. The van der Waals surface area contributed by atoms with Crippen LogP contribution in [-0.2, 0) is 16.6 Å². The van der Waals surface area contributed by atoms with Gasteiger partial charge in [0.05, 0.1) is 12.6 Å². The quantitative estimate of drug-likeness (QED) is 0.780. The highest BCUT2D eigenvalue weighted by Gasteiger charge is 2.32. The van der Waals surface area contributed by atoms with E-state index < -0.39 is 0 Å². The molecule has 0 bridgehead atoms. The first-order valence-corrected chi connectivity index (χ1v) is 7.79.